The summed E-state index contributed by atoms with van der Waals surface area (Å²) in [5, 5.41) is 3.39. The molecule has 0 saturated carbocycles. The van der Waals surface area contributed by atoms with Crippen LogP contribution in [0.5, 0.6) is 0 Å². The average molecular weight is 212 g/mol. The highest BCUT2D eigenvalue weighted by Crippen LogP contribution is 2.21. The van der Waals surface area contributed by atoms with Gasteiger partial charge < -0.3 is 15.0 Å². The second-order valence-corrected chi connectivity index (χ2v) is 4.90. The normalized spacial score (nSPS) is 33.4. The van der Waals surface area contributed by atoms with Gasteiger partial charge in [-0.05, 0) is 25.3 Å². The van der Waals surface area contributed by atoms with Gasteiger partial charge in [0.1, 0.15) is 0 Å². The molecule has 0 aliphatic carbocycles. The SMILES string of the molecule is CCCC1CCN(CC2CNCCO2)C1. The van der Waals surface area contributed by atoms with E-state index in [1.165, 1.54) is 32.4 Å². The molecule has 2 rings (SSSR count). The van der Waals surface area contributed by atoms with E-state index in [1.807, 2.05) is 0 Å². The number of ether oxygens (including phenoxy) is 1. The maximum Gasteiger partial charge on any atom is 0.0826 e. The summed E-state index contributed by atoms with van der Waals surface area (Å²) in [7, 11) is 0. The van der Waals surface area contributed by atoms with E-state index in [4.69, 9.17) is 4.74 Å². The summed E-state index contributed by atoms with van der Waals surface area (Å²) in [4.78, 5) is 2.58. The van der Waals surface area contributed by atoms with Crippen molar-refractivity contribution < 1.29 is 4.74 Å². The number of likely N-dealkylation sites (tertiary alicyclic amines) is 1. The van der Waals surface area contributed by atoms with Crippen LogP contribution in [0.1, 0.15) is 26.2 Å². The second-order valence-electron chi connectivity index (χ2n) is 4.90. The van der Waals surface area contributed by atoms with Crippen molar-refractivity contribution in [3.05, 3.63) is 0 Å². The minimum atomic E-state index is 0.430. The Kier molecular flexibility index (Phi) is 4.42. The molecule has 88 valence electrons. The minimum absolute atomic E-state index is 0.430. The molecule has 0 aromatic carbocycles. The molecule has 0 spiro atoms. The predicted octanol–water partition coefficient (Wildman–Crippen LogP) is 1.10. The van der Waals surface area contributed by atoms with Gasteiger partial charge in [0, 0.05) is 26.2 Å². The van der Waals surface area contributed by atoms with Crippen LogP contribution >= 0.6 is 0 Å². The van der Waals surface area contributed by atoms with Gasteiger partial charge in [0.25, 0.3) is 0 Å². The monoisotopic (exact) mass is 212 g/mol. The lowest BCUT2D eigenvalue weighted by atomic mass is 10.0. The summed E-state index contributed by atoms with van der Waals surface area (Å²) in [6, 6.07) is 0. The number of nitrogens with one attached hydrogen (secondary N) is 1. The van der Waals surface area contributed by atoms with Gasteiger partial charge >= 0.3 is 0 Å². The molecule has 15 heavy (non-hydrogen) atoms. The average Bonchev–Trinajstić information content (AvgIpc) is 2.68. The molecular weight excluding hydrogens is 188 g/mol. The molecule has 2 heterocycles. The fourth-order valence-electron chi connectivity index (χ4n) is 2.75. The van der Waals surface area contributed by atoms with Crippen LogP contribution in [0.3, 0.4) is 0 Å². The van der Waals surface area contributed by atoms with Crippen LogP contribution in [-0.4, -0.2) is 50.3 Å². The van der Waals surface area contributed by atoms with Gasteiger partial charge in [0.05, 0.1) is 12.7 Å². The lowest BCUT2D eigenvalue weighted by molar-refractivity contribution is 0.00903. The van der Waals surface area contributed by atoms with E-state index in [0.717, 1.165) is 32.2 Å². The molecule has 0 amide bonds. The van der Waals surface area contributed by atoms with Crippen molar-refractivity contribution in [3.63, 3.8) is 0 Å². The van der Waals surface area contributed by atoms with Gasteiger partial charge in [0.2, 0.25) is 0 Å². The third-order valence-electron chi connectivity index (χ3n) is 3.53. The topological polar surface area (TPSA) is 24.5 Å². The number of rotatable bonds is 4. The number of hydrogen-bond acceptors (Lipinski definition) is 3. The summed E-state index contributed by atoms with van der Waals surface area (Å²) in [5.41, 5.74) is 0. The highest BCUT2D eigenvalue weighted by atomic mass is 16.5. The molecular formula is C12H24N2O. The highest BCUT2D eigenvalue weighted by molar-refractivity contribution is 4.79. The summed E-state index contributed by atoms with van der Waals surface area (Å²) in [6.45, 7) is 8.95. The third-order valence-corrected chi connectivity index (χ3v) is 3.53. The predicted molar refractivity (Wildman–Crippen MR) is 62.1 cm³/mol. The van der Waals surface area contributed by atoms with Crippen molar-refractivity contribution >= 4 is 0 Å². The third kappa shape index (κ3) is 3.44. The van der Waals surface area contributed by atoms with Gasteiger partial charge in [0.15, 0.2) is 0 Å². The zero-order valence-corrected chi connectivity index (χ0v) is 9.87. The zero-order chi connectivity index (χ0) is 10.5. The maximum atomic E-state index is 5.73. The Hall–Kier alpha value is -0.120. The Balaban J connectivity index is 1.67. The summed E-state index contributed by atoms with van der Waals surface area (Å²) >= 11 is 0. The number of hydrogen-bond donors (Lipinski definition) is 1. The van der Waals surface area contributed by atoms with Crippen molar-refractivity contribution in [2.24, 2.45) is 5.92 Å². The maximum absolute atomic E-state index is 5.73. The molecule has 3 heteroatoms. The first kappa shape index (κ1) is 11.4. The van der Waals surface area contributed by atoms with Gasteiger partial charge in [-0.15, -0.1) is 0 Å². The van der Waals surface area contributed by atoms with Crippen molar-refractivity contribution in [2.75, 3.05) is 39.3 Å². The molecule has 2 atom stereocenters. The first-order valence-corrected chi connectivity index (χ1v) is 6.43. The van der Waals surface area contributed by atoms with Gasteiger partial charge in [-0.25, -0.2) is 0 Å². The number of morpholine rings is 1. The lowest BCUT2D eigenvalue weighted by Crippen LogP contribution is -2.44. The van der Waals surface area contributed by atoms with E-state index < -0.39 is 0 Å². The summed E-state index contributed by atoms with van der Waals surface area (Å²) < 4.78 is 5.73. The first-order valence-electron chi connectivity index (χ1n) is 6.43. The van der Waals surface area contributed by atoms with E-state index >= 15 is 0 Å². The Morgan fingerprint density at radius 3 is 3.13 bits per heavy atom. The lowest BCUT2D eigenvalue weighted by Gasteiger charge is -2.27. The minimum Gasteiger partial charge on any atom is -0.374 e. The van der Waals surface area contributed by atoms with Gasteiger partial charge in [-0.1, -0.05) is 13.3 Å². The molecule has 0 aromatic heterocycles. The van der Waals surface area contributed by atoms with Gasteiger partial charge in [-0.3, -0.25) is 0 Å². The van der Waals surface area contributed by atoms with Crippen molar-refractivity contribution in [2.45, 2.75) is 32.3 Å². The van der Waals surface area contributed by atoms with Crippen LogP contribution in [0.4, 0.5) is 0 Å². The Labute approximate surface area is 93.2 Å². The molecule has 0 radical (unpaired) electrons. The zero-order valence-electron chi connectivity index (χ0n) is 9.87. The quantitative estimate of drug-likeness (QED) is 0.755. The van der Waals surface area contributed by atoms with Gasteiger partial charge in [-0.2, -0.15) is 0 Å². The van der Waals surface area contributed by atoms with E-state index in [1.54, 1.807) is 0 Å². The van der Waals surface area contributed by atoms with Crippen molar-refractivity contribution in [1.82, 2.24) is 10.2 Å². The van der Waals surface area contributed by atoms with Crippen LogP contribution in [0.15, 0.2) is 0 Å². The second kappa shape index (κ2) is 5.83. The Bertz CT molecular complexity index is 180. The largest absolute Gasteiger partial charge is 0.374 e. The molecule has 2 unspecified atom stereocenters. The highest BCUT2D eigenvalue weighted by Gasteiger charge is 2.24. The standard InChI is InChI=1S/C12H24N2O/c1-2-3-11-4-6-14(9-11)10-12-8-13-5-7-15-12/h11-13H,2-10H2,1H3. The van der Waals surface area contributed by atoms with E-state index in [0.29, 0.717) is 6.10 Å². The summed E-state index contributed by atoms with van der Waals surface area (Å²) in [6.07, 6.45) is 4.56. The first-order chi connectivity index (χ1) is 7.38. The molecule has 2 fully saturated rings. The van der Waals surface area contributed by atoms with E-state index in [-0.39, 0.29) is 0 Å². The molecule has 2 saturated heterocycles. The van der Waals surface area contributed by atoms with E-state index in [2.05, 4.69) is 17.1 Å². The summed E-state index contributed by atoms with van der Waals surface area (Å²) in [5.74, 6) is 0.951. The van der Waals surface area contributed by atoms with Crippen molar-refractivity contribution in [3.8, 4) is 0 Å². The smallest absolute Gasteiger partial charge is 0.0826 e. The Morgan fingerprint density at radius 2 is 2.40 bits per heavy atom. The Morgan fingerprint density at radius 1 is 1.47 bits per heavy atom. The molecule has 3 nitrogen and oxygen atoms in total. The van der Waals surface area contributed by atoms with E-state index in [9.17, 15) is 0 Å². The van der Waals surface area contributed by atoms with Crippen LogP contribution in [0, 0.1) is 5.92 Å². The molecule has 0 bridgehead atoms. The van der Waals surface area contributed by atoms with Crippen LogP contribution in [0.25, 0.3) is 0 Å². The van der Waals surface area contributed by atoms with Crippen LogP contribution in [0.2, 0.25) is 0 Å². The molecule has 2 aliphatic rings. The van der Waals surface area contributed by atoms with Crippen LogP contribution < -0.4 is 5.32 Å². The molecule has 2 aliphatic heterocycles. The molecule has 0 aromatic rings. The van der Waals surface area contributed by atoms with Crippen LogP contribution in [-0.2, 0) is 4.74 Å². The molecule has 1 N–H and O–H groups in total. The fraction of sp³-hybridized carbons (Fsp3) is 1.00. The fourth-order valence-corrected chi connectivity index (χ4v) is 2.75. The number of nitrogens with zero attached hydrogens (tertiary/aromatic N) is 1. The van der Waals surface area contributed by atoms with Crippen molar-refractivity contribution in [1.29, 1.82) is 0 Å².